The van der Waals surface area contributed by atoms with Gasteiger partial charge in [0.15, 0.2) is 0 Å². The lowest BCUT2D eigenvalue weighted by Gasteiger charge is -2.28. The van der Waals surface area contributed by atoms with Crippen LogP contribution in [0.5, 0.6) is 0 Å². The van der Waals surface area contributed by atoms with Crippen molar-refractivity contribution >= 4 is 0 Å². The molecule has 0 aromatic carbocycles. The third-order valence-corrected chi connectivity index (χ3v) is 8.57. The lowest BCUT2D eigenvalue weighted by atomic mass is 9.77. The van der Waals surface area contributed by atoms with E-state index >= 15 is 0 Å². The molecule has 0 aliphatic heterocycles. The van der Waals surface area contributed by atoms with Crippen LogP contribution in [0.1, 0.15) is 78.1 Å². The highest BCUT2D eigenvalue weighted by molar-refractivity contribution is 5.60. The standard InChI is InChI=1S/C30H34/c1-19-17-29-25-9-5-3-7-21(25)11-13-27(29)23(19)15-16-24-20(2)18-30-26-10-6-4-8-22(26)12-14-28(24)30/h11-14,17-18,29-30H,3-10,15-16H2,1-2H3. The summed E-state index contributed by atoms with van der Waals surface area (Å²) in [7, 11) is 0. The van der Waals surface area contributed by atoms with Crippen molar-refractivity contribution in [3.63, 3.8) is 0 Å². The average Bonchev–Trinajstić information content (AvgIpc) is 3.28. The summed E-state index contributed by atoms with van der Waals surface area (Å²) in [5.41, 5.74) is 16.3. The third kappa shape index (κ3) is 2.87. The maximum atomic E-state index is 2.58. The monoisotopic (exact) mass is 394 g/mol. The lowest BCUT2D eigenvalue weighted by Crippen LogP contribution is -2.12. The fourth-order valence-corrected chi connectivity index (χ4v) is 7.01. The molecule has 0 saturated carbocycles. The summed E-state index contributed by atoms with van der Waals surface area (Å²) < 4.78 is 0. The first-order chi connectivity index (χ1) is 14.7. The minimum atomic E-state index is 0.593. The molecule has 0 saturated heterocycles. The summed E-state index contributed by atoms with van der Waals surface area (Å²) in [6.07, 6.45) is 28.1. The Kier molecular flexibility index (Phi) is 4.52. The predicted octanol–water partition coefficient (Wildman–Crippen LogP) is 8.39. The molecule has 0 heterocycles. The van der Waals surface area contributed by atoms with E-state index in [9.17, 15) is 0 Å². The number of hydrogen-bond donors (Lipinski definition) is 0. The van der Waals surface area contributed by atoms with Crippen LogP contribution in [-0.2, 0) is 0 Å². The van der Waals surface area contributed by atoms with E-state index < -0.39 is 0 Å². The van der Waals surface area contributed by atoms with Gasteiger partial charge in [-0.25, -0.2) is 0 Å². The molecule has 0 aromatic rings. The number of hydrogen-bond acceptors (Lipinski definition) is 0. The Labute approximate surface area is 182 Å². The molecule has 2 unspecified atom stereocenters. The SMILES string of the molecule is CC1=CC2C(=C1CCC1=C3C=CC4=C(CCCC4)C3C=C1C)C=CC1=C2CCCC1. The Bertz CT molecular complexity index is 967. The molecular formula is C30H34. The van der Waals surface area contributed by atoms with Gasteiger partial charge in [0.2, 0.25) is 0 Å². The quantitative estimate of drug-likeness (QED) is 0.451. The fourth-order valence-electron chi connectivity index (χ4n) is 7.01. The summed E-state index contributed by atoms with van der Waals surface area (Å²) in [6, 6.07) is 0. The van der Waals surface area contributed by atoms with Crippen LogP contribution < -0.4 is 0 Å². The molecule has 0 spiro atoms. The van der Waals surface area contributed by atoms with E-state index in [1.54, 1.807) is 44.6 Å². The van der Waals surface area contributed by atoms with Crippen LogP contribution in [0.15, 0.2) is 92.2 Å². The molecular weight excluding hydrogens is 360 g/mol. The van der Waals surface area contributed by atoms with Gasteiger partial charge in [-0.15, -0.1) is 0 Å². The smallest absolute Gasteiger partial charge is 0.0242 e. The Balaban J connectivity index is 1.27. The van der Waals surface area contributed by atoms with Crippen LogP contribution >= 0.6 is 0 Å². The maximum Gasteiger partial charge on any atom is 0.0242 e. The predicted molar refractivity (Wildman–Crippen MR) is 127 cm³/mol. The van der Waals surface area contributed by atoms with Crippen molar-refractivity contribution in [1.29, 1.82) is 0 Å². The molecule has 0 nitrogen and oxygen atoms in total. The molecule has 0 amide bonds. The van der Waals surface area contributed by atoms with Crippen molar-refractivity contribution in [3.05, 3.63) is 92.2 Å². The zero-order valence-electron chi connectivity index (χ0n) is 18.7. The van der Waals surface area contributed by atoms with Gasteiger partial charge in [-0.1, -0.05) is 58.7 Å². The highest BCUT2D eigenvalue weighted by Crippen LogP contribution is 2.49. The van der Waals surface area contributed by atoms with Gasteiger partial charge in [0.1, 0.15) is 0 Å². The van der Waals surface area contributed by atoms with Crippen LogP contribution in [0.4, 0.5) is 0 Å². The number of fused-ring (bicyclic) bond motifs is 4. The first-order valence-corrected chi connectivity index (χ1v) is 12.3. The Morgan fingerprint density at radius 3 is 1.50 bits per heavy atom. The Morgan fingerprint density at radius 1 is 0.600 bits per heavy atom. The first kappa shape index (κ1) is 18.7. The van der Waals surface area contributed by atoms with Crippen molar-refractivity contribution in [2.24, 2.45) is 11.8 Å². The molecule has 6 rings (SSSR count). The van der Waals surface area contributed by atoms with Gasteiger partial charge >= 0.3 is 0 Å². The molecule has 0 bridgehead atoms. The van der Waals surface area contributed by atoms with Gasteiger partial charge < -0.3 is 0 Å². The largest absolute Gasteiger partial charge is 0.0697 e. The Morgan fingerprint density at radius 2 is 1.03 bits per heavy atom. The minimum absolute atomic E-state index is 0.593. The van der Waals surface area contributed by atoms with Crippen LogP contribution in [0.3, 0.4) is 0 Å². The zero-order valence-corrected chi connectivity index (χ0v) is 18.7. The third-order valence-electron chi connectivity index (χ3n) is 8.57. The van der Waals surface area contributed by atoms with E-state index in [4.69, 9.17) is 0 Å². The van der Waals surface area contributed by atoms with Gasteiger partial charge in [0, 0.05) is 11.8 Å². The summed E-state index contributed by atoms with van der Waals surface area (Å²) in [6.45, 7) is 4.71. The van der Waals surface area contributed by atoms with E-state index in [-0.39, 0.29) is 0 Å². The van der Waals surface area contributed by atoms with Crippen LogP contribution in [0, 0.1) is 11.8 Å². The molecule has 6 aliphatic rings. The molecule has 0 aromatic heterocycles. The maximum absolute atomic E-state index is 2.58. The second-order valence-electron chi connectivity index (χ2n) is 10.2. The molecule has 154 valence electrons. The highest BCUT2D eigenvalue weighted by Gasteiger charge is 2.33. The Hall–Kier alpha value is -2.08. The van der Waals surface area contributed by atoms with Crippen LogP contribution in [0.2, 0.25) is 0 Å². The molecule has 30 heavy (non-hydrogen) atoms. The van der Waals surface area contributed by atoms with E-state index in [2.05, 4.69) is 50.3 Å². The summed E-state index contributed by atoms with van der Waals surface area (Å²) >= 11 is 0. The number of allylic oxidation sites excluding steroid dienone is 16. The van der Waals surface area contributed by atoms with Gasteiger partial charge in [0.25, 0.3) is 0 Å². The topological polar surface area (TPSA) is 0 Å². The number of rotatable bonds is 3. The van der Waals surface area contributed by atoms with Crippen LogP contribution in [-0.4, -0.2) is 0 Å². The van der Waals surface area contributed by atoms with Crippen molar-refractivity contribution in [1.82, 2.24) is 0 Å². The highest BCUT2D eigenvalue weighted by atomic mass is 14.4. The normalized spacial score (nSPS) is 29.8. The molecule has 0 N–H and O–H groups in total. The molecule has 0 heteroatoms. The minimum Gasteiger partial charge on any atom is -0.0697 e. The molecule has 0 radical (unpaired) electrons. The van der Waals surface area contributed by atoms with Crippen molar-refractivity contribution in [3.8, 4) is 0 Å². The molecule has 0 fully saturated rings. The van der Waals surface area contributed by atoms with Gasteiger partial charge in [-0.3, -0.25) is 0 Å². The second-order valence-corrected chi connectivity index (χ2v) is 10.2. The van der Waals surface area contributed by atoms with E-state index in [0.717, 1.165) is 0 Å². The van der Waals surface area contributed by atoms with Crippen molar-refractivity contribution in [2.45, 2.75) is 78.1 Å². The summed E-state index contributed by atoms with van der Waals surface area (Å²) in [5.74, 6) is 1.19. The first-order valence-electron chi connectivity index (χ1n) is 12.3. The van der Waals surface area contributed by atoms with E-state index in [1.807, 2.05) is 0 Å². The van der Waals surface area contributed by atoms with Crippen molar-refractivity contribution in [2.75, 3.05) is 0 Å². The molecule has 2 atom stereocenters. The average molecular weight is 395 g/mol. The second kappa shape index (κ2) is 7.26. The van der Waals surface area contributed by atoms with Crippen molar-refractivity contribution < 1.29 is 0 Å². The lowest BCUT2D eigenvalue weighted by molar-refractivity contribution is 0.636. The van der Waals surface area contributed by atoms with Gasteiger partial charge in [-0.2, -0.15) is 0 Å². The van der Waals surface area contributed by atoms with E-state index in [0.29, 0.717) is 11.8 Å². The fraction of sp³-hybridized carbons (Fsp3) is 0.467. The van der Waals surface area contributed by atoms with Crippen LogP contribution in [0.25, 0.3) is 0 Å². The summed E-state index contributed by atoms with van der Waals surface area (Å²) in [4.78, 5) is 0. The van der Waals surface area contributed by atoms with Gasteiger partial charge in [0.05, 0.1) is 0 Å². The zero-order chi connectivity index (χ0) is 20.2. The molecule has 6 aliphatic carbocycles. The van der Waals surface area contributed by atoms with E-state index in [1.165, 1.54) is 75.4 Å². The van der Waals surface area contributed by atoms with Gasteiger partial charge in [-0.05, 0) is 111 Å². The summed E-state index contributed by atoms with van der Waals surface area (Å²) in [5, 5.41) is 0.